The fourth-order valence-corrected chi connectivity index (χ4v) is 5.01. The fourth-order valence-electron chi connectivity index (χ4n) is 3.80. The van der Waals surface area contributed by atoms with E-state index in [1.54, 1.807) is 19.1 Å². The first-order valence-electron chi connectivity index (χ1n) is 10.4. The molecule has 0 spiro atoms. The first-order valence-corrected chi connectivity index (χ1v) is 12.3. The fraction of sp³-hybridized carbons (Fsp3) is 0.391. The first-order chi connectivity index (χ1) is 15.4. The van der Waals surface area contributed by atoms with Crippen molar-refractivity contribution in [3.63, 3.8) is 0 Å². The molecule has 0 aliphatic carbocycles. The molecule has 176 valence electrons. The van der Waals surface area contributed by atoms with Crippen molar-refractivity contribution in [2.45, 2.75) is 50.7 Å². The predicted molar refractivity (Wildman–Crippen MR) is 116 cm³/mol. The number of carbonyl (C=O) groups excluding carboxylic acids is 4. The van der Waals surface area contributed by atoms with Crippen molar-refractivity contribution in [1.29, 1.82) is 0 Å². The van der Waals surface area contributed by atoms with Crippen molar-refractivity contribution < 1.29 is 37.1 Å². The standard InChI is InChI=1S/C23H25NO8S/c1-5-18(25)14-8-10-16(20(26)24-12-6-7-13-24)19(33(4,29)30)15(14)9-11-17-21(27)31-23(2,3)32-22(17)28/h6-8,10,12-13,17H,5,9,11H2,1-4H3. The Morgan fingerprint density at radius 2 is 1.58 bits per heavy atom. The zero-order chi connectivity index (χ0) is 24.6. The second kappa shape index (κ2) is 8.93. The Kier molecular flexibility index (Phi) is 6.60. The number of rotatable bonds is 7. The summed E-state index contributed by atoms with van der Waals surface area (Å²) >= 11 is 0. The summed E-state index contributed by atoms with van der Waals surface area (Å²) in [5, 5.41) is 0. The van der Waals surface area contributed by atoms with Crippen LogP contribution in [0.25, 0.3) is 0 Å². The van der Waals surface area contributed by atoms with Gasteiger partial charge in [0.25, 0.3) is 11.7 Å². The maximum Gasteiger partial charge on any atom is 0.323 e. The van der Waals surface area contributed by atoms with Gasteiger partial charge in [-0.1, -0.05) is 13.0 Å². The second-order valence-corrected chi connectivity index (χ2v) is 10.2. The Labute approximate surface area is 191 Å². The van der Waals surface area contributed by atoms with Crippen LogP contribution < -0.4 is 0 Å². The van der Waals surface area contributed by atoms with E-state index in [0.717, 1.165) is 6.26 Å². The van der Waals surface area contributed by atoms with E-state index in [-0.39, 0.29) is 46.6 Å². The van der Waals surface area contributed by atoms with Crippen LogP contribution in [0.1, 0.15) is 59.9 Å². The van der Waals surface area contributed by atoms with Crippen molar-refractivity contribution in [2.24, 2.45) is 5.92 Å². The van der Waals surface area contributed by atoms with Gasteiger partial charge in [0.2, 0.25) is 0 Å². The third-order valence-electron chi connectivity index (χ3n) is 5.27. The molecule has 0 unspecified atom stereocenters. The second-order valence-electron chi connectivity index (χ2n) is 8.25. The highest BCUT2D eigenvalue weighted by Crippen LogP contribution is 2.31. The van der Waals surface area contributed by atoms with Crippen LogP contribution in [-0.2, 0) is 35.3 Å². The minimum Gasteiger partial charge on any atom is -0.422 e. The smallest absolute Gasteiger partial charge is 0.323 e. The van der Waals surface area contributed by atoms with Gasteiger partial charge in [0, 0.05) is 44.5 Å². The molecule has 1 aliphatic heterocycles. The van der Waals surface area contributed by atoms with Gasteiger partial charge in [-0.2, -0.15) is 0 Å². The lowest BCUT2D eigenvalue weighted by molar-refractivity contribution is -0.240. The molecule has 1 fully saturated rings. The highest BCUT2D eigenvalue weighted by atomic mass is 32.2. The number of cyclic esters (lactones) is 2. The molecule has 0 N–H and O–H groups in total. The van der Waals surface area contributed by atoms with Gasteiger partial charge in [-0.15, -0.1) is 0 Å². The molecular weight excluding hydrogens is 450 g/mol. The summed E-state index contributed by atoms with van der Waals surface area (Å²) in [6, 6.07) is 5.97. The SMILES string of the molecule is CCC(=O)c1ccc(C(=O)n2cccc2)c(S(C)(=O)=O)c1CCC1C(=O)OC(C)(C)OC1=O. The van der Waals surface area contributed by atoms with E-state index >= 15 is 0 Å². The molecule has 10 heteroatoms. The Morgan fingerprint density at radius 3 is 2.09 bits per heavy atom. The van der Waals surface area contributed by atoms with Crippen LogP contribution in [0.3, 0.4) is 0 Å². The number of aromatic nitrogens is 1. The predicted octanol–water partition coefficient (Wildman–Crippen LogP) is 2.56. The zero-order valence-electron chi connectivity index (χ0n) is 18.8. The third-order valence-corrected chi connectivity index (χ3v) is 6.47. The third kappa shape index (κ3) is 5.05. The molecule has 0 saturated carbocycles. The molecule has 0 atom stereocenters. The molecule has 1 aliphatic rings. The number of Topliss-reactive ketones (excluding diaryl/α,β-unsaturated/α-hetero) is 1. The Balaban J connectivity index is 2.10. The molecular formula is C23H25NO8S. The minimum atomic E-state index is -3.98. The molecule has 2 aromatic rings. The van der Waals surface area contributed by atoms with Gasteiger partial charge < -0.3 is 9.47 Å². The molecule has 1 aromatic heterocycles. The van der Waals surface area contributed by atoms with Crippen LogP contribution in [0.2, 0.25) is 0 Å². The van der Waals surface area contributed by atoms with Crippen molar-refractivity contribution in [1.82, 2.24) is 4.57 Å². The van der Waals surface area contributed by atoms with Crippen LogP contribution in [0.4, 0.5) is 0 Å². The molecule has 0 amide bonds. The summed E-state index contributed by atoms with van der Waals surface area (Å²) in [5.41, 5.74) is 0.110. The van der Waals surface area contributed by atoms with E-state index in [0.29, 0.717) is 0 Å². The minimum absolute atomic E-state index is 0.0905. The van der Waals surface area contributed by atoms with E-state index in [1.165, 1.54) is 42.9 Å². The van der Waals surface area contributed by atoms with Crippen LogP contribution in [-0.4, -0.2) is 48.7 Å². The summed E-state index contributed by atoms with van der Waals surface area (Å²) in [6.07, 6.45) is 3.73. The van der Waals surface area contributed by atoms with Crippen molar-refractivity contribution in [2.75, 3.05) is 6.26 Å². The molecule has 9 nitrogen and oxygen atoms in total. The monoisotopic (exact) mass is 475 g/mol. The zero-order valence-corrected chi connectivity index (χ0v) is 19.6. The lowest BCUT2D eigenvalue weighted by Gasteiger charge is -2.33. The highest BCUT2D eigenvalue weighted by Gasteiger charge is 2.43. The molecule has 33 heavy (non-hydrogen) atoms. The Hall–Kier alpha value is -3.27. The average molecular weight is 476 g/mol. The number of ketones is 1. The number of benzene rings is 1. The van der Waals surface area contributed by atoms with Crippen LogP contribution in [0.15, 0.2) is 41.6 Å². The number of nitrogens with zero attached hydrogens (tertiary/aromatic N) is 1. The normalized spacial score (nSPS) is 16.2. The van der Waals surface area contributed by atoms with E-state index in [4.69, 9.17) is 9.47 Å². The van der Waals surface area contributed by atoms with Gasteiger partial charge in [-0.25, -0.2) is 8.42 Å². The molecule has 0 bridgehead atoms. The Bertz CT molecular complexity index is 1210. The van der Waals surface area contributed by atoms with Crippen molar-refractivity contribution in [3.8, 4) is 0 Å². The number of carbonyl (C=O) groups is 4. The Morgan fingerprint density at radius 1 is 1.03 bits per heavy atom. The van der Waals surface area contributed by atoms with Gasteiger partial charge >= 0.3 is 11.9 Å². The summed E-state index contributed by atoms with van der Waals surface area (Å²) in [4.78, 5) is 50.1. The van der Waals surface area contributed by atoms with E-state index in [1.807, 2.05) is 0 Å². The molecule has 1 saturated heterocycles. The summed E-state index contributed by atoms with van der Waals surface area (Å²) < 4.78 is 37.1. The van der Waals surface area contributed by atoms with Crippen LogP contribution >= 0.6 is 0 Å². The van der Waals surface area contributed by atoms with Gasteiger partial charge in [0.15, 0.2) is 21.5 Å². The van der Waals surface area contributed by atoms with Crippen molar-refractivity contribution >= 4 is 33.5 Å². The number of esters is 2. The van der Waals surface area contributed by atoms with Gasteiger partial charge in [-0.05, 0) is 36.6 Å². The molecule has 3 rings (SSSR count). The van der Waals surface area contributed by atoms with Crippen LogP contribution in [0.5, 0.6) is 0 Å². The topological polar surface area (TPSA) is 126 Å². The maximum absolute atomic E-state index is 13.0. The first kappa shape index (κ1) is 24.4. The average Bonchev–Trinajstić information content (AvgIpc) is 3.24. The highest BCUT2D eigenvalue weighted by molar-refractivity contribution is 7.90. The van der Waals surface area contributed by atoms with Crippen LogP contribution in [0, 0.1) is 5.92 Å². The van der Waals surface area contributed by atoms with Gasteiger partial charge in [0.05, 0.1) is 10.5 Å². The van der Waals surface area contributed by atoms with E-state index in [9.17, 15) is 27.6 Å². The molecule has 0 radical (unpaired) electrons. The van der Waals surface area contributed by atoms with E-state index < -0.39 is 39.4 Å². The summed E-state index contributed by atoms with van der Waals surface area (Å²) in [6.45, 7) is 4.48. The molecule has 2 heterocycles. The van der Waals surface area contributed by atoms with E-state index in [2.05, 4.69) is 0 Å². The largest absolute Gasteiger partial charge is 0.422 e. The number of ether oxygens (including phenoxy) is 2. The lowest BCUT2D eigenvalue weighted by Crippen LogP contribution is -2.46. The maximum atomic E-state index is 13.0. The van der Waals surface area contributed by atoms with Gasteiger partial charge in [0.1, 0.15) is 0 Å². The van der Waals surface area contributed by atoms with Crippen molar-refractivity contribution in [3.05, 3.63) is 53.3 Å². The lowest BCUT2D eigenvalue weighted by atomic mass is 9.92. The number of hydrogen-bond donors (Lipinski definition) is 0. The number of hydrogen-bond acceptors (Lipinski definition) is 8. The summed E-state index contributed by atoms with van der Waals surface area (Å²) in [5.74, 6) is -5.17. The number of sulfone groups is 1. The quantitative estimate of drug-likeness (QED) is 0.340. The summed E-state index contributed by atoms with van der Waals surface area (Å²) in [7, 11) is -3.98. The van der Waals surface area contributed by atoms with Gasteiger partial charge in [-0.3, -0.25) is 23.7 Å². The molecule has 1 aromatic carbocycles.